The highest BCUT2D eigenvalue weighted by atomic mass is 32.1. The van der Waals surface area contributed by atoms with Gasteiger partial charge in [0.15, 0.2) is 0 Å². The molecule has 5 heteroatoms. The van der Waals surface area contributed by atoms with Crippen molar-refractivity contribution in [2.24, 2.45) is 0 Å². The molecule has 2 heterocycles. The van der Waals surface area contributed by atoms with E-state index >= 15 is 0 Å². The van der Waals surface area contributed by atoms with Gasteiger partial charge >= 0.3 is 0 Å². The second-order valence-electron chi connectivity index (χ2n) is 4.15. The van der Waals surface area contributed by atoms with Gasteiger partial charge in [0.2, 0.25) is 0 Å². The van der Waals surface area contributed by atoms with E-state index in [1.54, 1.807) is 18.3 Å². The van der Waals surface area contributed by atoms with Crippen LogP contribution in [-0.4, -0.2) is 20.3 Å². The van der Waals surface area contributed by atoms with Crippen LogP contribution in [-0.2, 0) is 0 Å². The van der Waals surface area contributed by atoms with Gasteiger partial charge in [-0.25, -0.2) is 0 Å². The number of pyridine rings is 1. The predicted octanol–water partition coefficient (Wildman–Crippen LogP) is 3.28. The summed E-state index contributed by atoms with van der Waals surface area (Å²) in [6.07, 6.45) is 1.80. The second-order valence-corrected chi connectivity index (χ2v) is 5.13. The highest BCUT2D eigenvalue weighted by molar-refractivity contribution is 7.17. The first kappa shape index (κ1) is 11.8. The summed E-state index contributed by atoms with van der Waals surface area (Å²) in [4.78, 5) is 4.25. The Morgan fingerprint density at radius 1 is 0.895 bits per heavy atom. The smallest absolute Gasteiger partial charge is 0.149 e. The van der Waals surface area contributed by atoms with E-state index in [0.717, 1.165) is 26.8 Å². The molecule has 0 aliphatic rings. The molecule has 0 radical (unpaired) electrons. The van der Waals surface area contributed by atoms with E-state index in [0.29, 0.717) is 0 Å². The molecule has 0 spiro atoms. The molecular formula is C14H11N3OS. The van der Waals surface area contributed by atoms with Crippen LogP contribution in [0.25, 0.3) is 21.1 Å². The summed E-state index contributed by atoms with van der Waals surface area (Å²) in [6, 6.07) is 10.9. The number of aryl methyl sites for hydroxylation is 1. The van der Waals surface area contributed by atoms with E-state index < -0.39 is 0 Å². The fourth-order valence-corrected chi connectivity index (χ4v) is 2.49. The van der Waals surface area contributed by atoms with E-state index in [4.69, 9.17) is 0 Å². The Morgan fingerprint density at radius 2 is 1.53 bits per heavy atom. The van der Waals surface area contributed by atoms with Crippen molar-refractivity contribution in [1.29, 1.82) is 0 Å². The summed E-state index contributed by atoms with van der Waals surface area (Å²) in [6.45, 7) is 1.95. The first-order chi connectivity index (χ1) is 9.22. The number of aromatic hydroxyl groups is 1. The fraction of sp³-hybridized carbons (Fsp3) is 0.0714. The number of nitrogens with zero attached hydrogens (tertiary/aromatic N) is 3. The maximum absolute atomic E-state index is 9.27. The van der Waals surface area contributed by atoms with Crippen LogP contribution in [0.15, 0.2) is 42.6 Å². The van der Waals surface area contributed by atoms with Crippen LogP contribution in [0.3, 0.4) is 0 Å². The van der Waals surface area contributed by atoms with Crippen molar-refractivity contribution in [2.45, 2.75) is 6.92 Å². The molecule has 2 aromatic heterocycles. The van der Waals surface area contributed by atoms with E-state index in [2.05, 4.69) is 15.2 Å². The molecule has 0 aliphatic carbocycles. The molecule has 3 aromatic rings. The second kappa shape index (κ2) is 4.78. The SMILES string of the molecule is Cc1ccc(-c2nnc(-c3ccc(O)cc3)s2)cn1. The zero-order valence-corrected chi connectivity index (χ0v) is 11.1. The Kier molecular flexibility index (Phi) is 2.97. The lowest BCUT2D eigenvalue weighted by Crippen LogP contribution is -1.81. The molecule has 0 atom stereocenters. The Morgan fingerprint density at radius 3 is 2.16 bits per heavy atom. The molecule has 19 heavy (non-hydrogen) atoms. The summed E-state index contributed by atoms with van der Waals surface area (Å²) in [5.41, 5.74) is 2.89. The lowest BCUT2D eigenvalue weighted by atomic mass is 10.2. The van der Waals surface area contributed by atoms with E-state index in [9.17, 15) is 5.11 Å². The Labute approximate surface area is 114 Å². The Hall–Kier alpha value is -2.27. The number of benzene rings is 1. The summed E-state index contributed by atoms with van der Waals surface area (Å²) in [7, 11) is 0. The molecule has 0 fully saturated rings. The van der Waals surface area contributed by atoms with Gasteiger partial charge < -0.3 is 5.11 Å². The standard InChI is InChI=1S/C14H11N3OS/c1-9-2-3-11(8-15-9)14-17-16-13(19-14)10-4-6-12(18)7-5-10/h2-8,18H,1H3. The van der Waals surface area contributed by atoms with Crippen molar-refractivity contribution < 1.29 is 5.11 Å². The van der Waals surface area contributed by atoms with Crippen LogP contribution >= 0.6 is 11.3 Å². The molecule has 3 rings (SSSR count). The van der Waals surface area contributed by atoms with Crippen LogP contribution < -0.4 is 0 Å². The zero-order valence-electron chi connectivity index (χ0n) is 10.2. The molecule has 1 aromatic carbocycles. The van der Waals surface area contributed by atoms with Gasteiger partial charge in [0.05, 0.1) is 0 Å². The molecule has 4 nitrogen and oxygen atoms in total. The molecule has 0 aliphatic heterocycles. The van der Waals surface area contributed by atoms with Gasteiger partial charge in [-0.1, -0.05) is 11.3 Å². The van der Waals surface area contributed by atoms with Gasteiger partial charge in [-0.05, 0) is 43.3 Å². The molecule has 1 N–H and O–H groups in total. The number of phenols is 1. The van der Waals surface area contributed by atoms with Crippen LogP contribution in [0.1, 0.15) is 5.69 Å². The minimum absolute atomic E-state index is 0.247. The van der Waals surface area contributed by atoms with Gasteiger partial charge in [-0.2, -0.15) is 0 Å². The number of rotatable bonds is 2. The van der Waals surface area contributed by atoms with Gasteiger partial charge in [0.25, 0.3) is 0 Å². The minimum Gasteiger partial charge on any atom is -0.508 e. The van der Waals surface area contributed by atoms with E-state index in [-0.39, 0.29) is 5.75 Å². The number of phenolic OH excluding ortho intramolecular Hbond substituents is 1. The highest BCUT2D eigenvalue weighted by Crippen LogP contribution is 2.30. The van der Waals surface area contributed by atoms with Crippen molar-refractivity contribution in [3.05, 3.63) is 48.3 Å². The van der Waals surface area contributed by atoms with E-state index in [1.165, 1.54) is 11.3 Å². The highest BCUT2D eigenvalue weighted by Gasteiger charge is 2.08. The summed E-state index contributed by atoms with van der Waals surface area (Å²) < 4.78 is 0. The maximum atomic E-state index is 9.27. The normalized spacial score (nSPS) is 10.6. The molecule has 0 saturated heterocycles. The predicted molar refractivity (Wildman–Crippen MR) is 75.0 cm³/mol. The van der Waals surface area contributed by atoms with E-state index in [1.807, 2.05) is 31.2 Å². The van der Waals surface area contributed by atoms with Crippen LogP contribution in [0, 0.1) is 6.92 Å². The third-order valence-corrected chi connectivity index (χ3v) is 3.72. The molecule has 0 unspecified atom stereocenters. The Bertz CT molecular complexity index is 629. The fourth-order valence-electron chi connectivity index (χ4n) is 1.65. The van der Waals surface area contributed by atoms with Crippen LogP contribution in [0.2, 0.25) is 0 Å². The Balaban J connectivity index is 1.95. The zero-order chi connectivity index (χ0) is 13.2. The molecule has 94 valence electrons. The average molecular weight is 269 g/mol. The third kappa shape index (κ3) is 2.46. The largest absolute Gasteiger partial charge is 0.508 e. The lowest BCUT2D eigenvalue weighted by Gasteiger charge is -1.95. The third-order valence-electron chi connectivity index (χ3n) is 2.70. The van der Waals surface area contributed by atoms with Crippen molar-refractivity contribution in [3.63, 3.8) is 0 Å². The van der Waals surface area contributed by atoms with Gasteiger partial charge in [0.1, 0.15) is 15.8 Å². The van der Waals surface area contributed by atoms with Crippen molar-refractivity contribution in [2.75, 3.05) is 0 Å². The first-order valence-electron chi connectivity index (χ1n) is 5.78. The number of aromatic nitrogens is 3. The summed E-state index contributed by atoms with van der Waals surface area (Å²) in [5, 5.41) is 19.3. The molecular weight excluding hydrogens is 258 g/mol. The summed E-state index contributed by atoms with van der Waals surface area (Å²) in [5.74, 6) is 0.247. The minimum atomic E-state index is 0.247. The molecule has 0 amide bonds. The monoisotopic (exact) mass is 269 g/mol. The van der Waals surface area contributed by atoms with Crippen molar-refractivity contribution in [1.82, 2.24) is 15.2 Å². The maximum Gasteiger partial charge on any atom is 0.149 e. The summed E-state index contributed by atoms with van der Waals surface area (Å²) >= 11 is 1.51. The van der Waals surface area contributed by atoms with Gasteiger partial charge in [-0.15, -0.1) is 10.2 Å². The average Bonchev–Trinajstić information content (AvgIpc) is 2.90. The van der Waals surface area contributed by atoms with Crippen molar-refractivity contribution >= 4 is 11.3 Å². The molecule has 0 bridgehead atoms. The van der Waals surface area contributed by atoms with Gasteiger partial charge in [-0.3, -0.25) is 4.98 Å². The van der Waals surface area contributed by atoms with Crippen LogP contribution in [0.4, 0.5) is 0 Å². The van der Waals surface area contributed by atoms with Crippen molar-refractivity contribution in [3.8, 4) is 26.9 Å². The van der Waals surface area contributed by atoms with Crippen LogP contribution in [0.5, 0.6) is 5.75 Å². The first-order valence-corrected chi connectivity index (χ1v) is 6.60. The quantitative estimate of drug-likeness (QED) is 0.775. The number of hydrogen-bond acceptors (Lipinski definition) is 5. The van der Waals surface area contributed by atoms with Gasteiger partial charge in [0, 0.05) is 23.0 Å². The lowest BCUT2D eigenvalue weighted by molar-refractivity contribution is 0.475. The number of hydrogen-bond donors (Lipinski definition) is 1. The topological polar surface area (TPSA) is 58.9 Å². The molecule has 0 saturated carbocycles.